The molecule has 0 spiro atoms. The molecule has 1 N–H and O–H groups in total. The van der Waals surface area contributed by atoms with Gasteiger partial charge in [0.2, 0.25) is 0 Å². The molecule has 1 unspecified atom stereocenters. The summed E-state index contributed by atoms with van der Waals surface area (Å²) >= 11 is 0. The van der Waals surface area contributed by atoms with E-state index in [-0.39, 0.29) is 17.5 Å². The van der Waals surface area contributed by atoms with Gasteiger partial charge in [-0.05, 0) is 37.3 Å². The number of rotatable bonds is 6. The van der Waals surface area contributed by atoms with Gasteiger partial charge in [-0.2, -0.15) is 0 Å². The van der Waals surface area contributed by atoms with Gasteiger partial charge < -0.3 is 20.0 Å². The van der Waals surface area contributed by atoms with Crippen molar-refractivity contribution in [2.24, 2.45) is 0 Å². The Morgan fingerprint density at radius 1 is 1.24 bits per heavy atom. The molecule has 2 rings (SSSR count). The molecule has 4 nitrogen and oxygen atoms in total. The summed E-state index contributed by atoms with van der Waals surface area (Å²) in [6.07, 6.45) is -0.217. The maximum absolute atomic E-state index is 12.8. The lowest BCUT2D eigenvalue weighted by atomic mass is 10.2. The van der Waals surface area contributed by atoms with Crippen molar-refractivity contribution in [1.82, 2.24) is 0 Å². The number of carbonyl (C=O) groups excluding carboxylic acids is 1. The van der Waals surface area contributed by atoms with Crippen molar-refractivity contribution < 1.29 is 19.0 Å². The molecule has 0 aliphatic carbocycles. The molecular weight excluding hydrogens is 273 g/mol. The van der Waals surface area contributed by atoms with Crippen LogP contribution in [0.1, 0.15) is 17.3 Å². The summed E-state index contributed by atoms with van der Waals surface area (Å²) < 4.78 is 18.4. The van der Waals surface area contributed by atoms with Crippen molar-refractivity contribution in [2.45, 2.75) is 13.0 Å². The Kier molecular flexibility index (Phi) is 4.77. The van der Waals surface area contributed by atoms with Crippen LogP contribution >= 0.6 is 0 Å². The monoisotopic (exact) mass is 288 g/mol. The third-order valence-electron chi connectivity index (χ3n) is 2.88. The number of carbonyl (C=O) groups is 1. The van der Waals surface area contributed by atoms with Crippen molar-refractivity contribution in [3.63, 3.8) is 0 Å². The average Bonchev–Trinajstić information content (AvgIpc) is 2.48. The molecule has 0 heterocycles. The normalized spacial score (nSPS) is 11.7. The molecule has 1 atom stereocenters. The van der Waals surface area contributed by atoms with Crippen LogP contribution in [0.5, 0.6) is 5.75 Å². The van der Waals surface area contributed by atoms with Crippen molar-refractivity contribution in [3.05, 3.63) is 59.9 Å². The molecule has 0 saturated carbocycles. The summed E-state index contributed by atoms with van der Waals surface area (Å²) in [5, 5.41) is 14.0. The van der Waals surface area contributed by atoms with E-state index in [4.69, 9.17) is 4.74 Å². The number of hydrogen-bond donors (Lipinski definition) is 1. The second-order valence-electron chi connectivity index (χ2n) is 4.60. The molecule has 0 fully saturated rings. The van der Waals surface area contributed by atoms with Gasteiger partial charge in [0.15, 0.2) is 0 Å². The number of nitrogens with one attached hydrogen (secondary N) is 1. The second kappa shape index (κ2) is 6.74. The average molecular weight is 288 g/mol. The standard InChI is InChI=1S/C16H16FNO3/c1-11(21-13-8-6-12(17)7-9-13)10-18-15-5-3-2-4-14(15)16(19)20/h2-9,11,18H,10H2,1H3,(H,19,20)/p-1. The van der Waals surface area contributed by atoms with E-state index in [1.165, 1.54) is 18.2 Å². The number of aromatic carboxylic acids is 1. The molecular formula is C16H15FNO3-. The fraction of sp³-hybridized carbons (Fsp3) is 0.188. The number of halogens is 1. The molecule has 0 aromatic heterocycles. The van der Waals surface area contributed by atoms with Gasteiger partial charge in [0.1, 0.15) is 17.7 Å². The zero-order valence-corrected chi connectivity index (χ0v) is 11.5. The van der Waals surface area contributed by atoms with E-state index in [0.29, 0.717) is 18.0 Å². The van der Waals surface area contributed by atoms with Gasteiger partial charge in [-0.25, -0.2) is 4.39 Å². The number of carboxylic acids is 1. The smallest absolute Gasteiger partial charge is 0.123 e. The third-order valence-corrected chi connectivity index (χ3v) is 2.88. The van der Waals surface area contributed by atoms with Crippen LogP contribution in [0.15, 0.2) is 48.5 Å². The molecule has 0 saturated heterocycles. The number of para-hydroxylation sites is 1. The summed E-state index contributed by atoms with van der Waals surface area (Å²) in [6, 6.07) is 12.2. The van der Waals surface area contributed by atoms with E-state index in [1.54, 1.807) is 30.3 Å². The molecule has 0 amide bonds. The van der Waals surface area contributed by atoms with Crippen molar-refractivity contribution in [2.75, 3.05) is 11.9 Å². The Balaban J connectivity index is 1.93. The first-order chi connectivity index (χ1) is 10.1. The number of hydrogen-bond acceptors (Lipinski definition) is 4. The SMILES string of the molecule is CC(CNc1ccccc1C(=O)[O-])Oc1ccc(F)cc1. The Hall–Kier alpha value is -2.56. The summed E-state index contributed by atoms with van der Waals surface area (Å²) in [7, 11) is 0. The van der Waals surface area contributed by atoms with E-state index in [2.05, 4.69) is 5.32 Å². The quantitative estimate of drug-likeness (QED) is 0.884. The largest absolute Gasteiger partial charge is 0.545 e. The molecule has 0 aliphatic rings. The molecule has 2 aromatic carbocycles. The predicted octanol–water partition coefficient (Wildman–Crippen LogP) is 2.07. The van der Waals surface area contributed by atoms with Gasteiger partial charge in [-0.1, -0.05) is 18.2 Å². The molecule has 0 radical (unpaired) electrons. The highest BCUT2D eigenvalue weighted by atomic mass is 19.1. The van der Waals surface area contributed by atoms with Crippen LogP contribution in [0.4, 0.5) is 10.1 Å². The molecule has 110 valence electrons. The second-order valence-corrected chi connectivity index (χ2v) is 4.60. The highest BCUT2D eigenvalue weighted by molar-refractivity contribution is 5.92. The van der Waals surface area contributed by atoms with E-state index in [1.807, 2.05) is 6.92 Å². The molecule has 0 aliphatic heterocycles. The number of carboxylic acid groups (broad SMARTS) is 1. The van der Waals surface area contributed by atoms with E-state index < -0.39 is 5.97 Å². The highest BCUT2D eigenvalue weighted by Crippen LogP contribution is 2.16. The van der Waals surface area contributed by atoms with Gasteiger partial charge in [-0.15, -0.1) is 0 Å². The van der Waals surface area contributed by atoms with Crippen molar-refractivity contribution in [1.29, 1.82) is 0 Å². The van der Waals surface area contributed by atoms with E-state index in [0.717, 1.165) is 0 Å². The topological polar surface area (TPSA) is 61.4 Å². The molecule has 2 aromatic rings. The fourth-order valence-electron chi connectivity index (χ4n) is 1.86. The number of anilines is 1. The van der Waals surface area contributed by atoms with Crippen LogP contribution in [-0.2, 0) is 0 Å². The lowest BCUT2D eigenvalue weighted by molar-refractivity contribution is -0.254. The van der Waals surface area contributed by atoms with Gasteiger partial charge in [-0.3, -0.25) is 0 Å². The van der Waals surface area contributed by atoms with Gasteiger partial charge in [0.05, 0.1) is 12.5 Å². The Morgan fingerprint density at radius 2 is 1.90 bits per heavy atom. The van der Waals surface area contributed by atoms with Crippen LogP contribution in [0.2, 0.25) is 0 Å². The minimum absolute atomic E-state index is 0.103. The summed E-state index contributed by atoms with van der Waals surface area (Å²) in [5.41, 5.74) is 0.582. The zero-order valence-electron chi connectivity index (χ0n) is 11.5. The number of ether oxygens (including phenoxy) is 1. The van der Waals surface area contributed by atoms with Crippen molar-refractivity contribution >= 4 is 11.7 Å². The van der Waals surface area contributed by atoms with Crippen LogP contribution in [-0.4, -0.2) is 18.6 Å². The van der Waals surface area contributed by atoms with Crippen LogP contribution < -0.4 is 15.2 Å². The first-order valence-electron chi connectivity index (χ1n) is 6.52. The molecule has 21 heavy (non-hydrogen) atoms. The fourth-order valence-corrected chi connectivity index (χ4v) is 1.86. The van der Waals surface area contributed by atoms with Gasteiger partial charge in [0.25, 0.3) is 0 Å². The molecule has 0 bridgehead atoms. The van der Waals surface area contributed by atoms with E-state index in [9.17, 15) is 14.3 Å². The minimum atomic E-state index is -1.23. The number of benzene rings is 2. The van der Waals surface area contributed by atoms with Crippen LogP contribution in [0.3, 0.4) is 0 Å². The Labute approximate surface area is 122 Å². The summed E-state index contributed by atoms with van der Waals surface area (Å²) in [4.78, 5) is 11.0. The lowest BCUT2D eigenvalue weighted by Crippen LogP contribution is -2.26. The zero-order chi connectivity index (χ0) is 15.2. The van der Waals surface area contributed by atoms with E-state index >= 15 is 0 Å². The maximum atomic E-state index is 12.8. The third kappa shape index (κ3) is 4.21. The first kappa shape index (κ1) is 14.8. The summed E-state index contributed by atoms with van der Waals surface area (Å²) in [5.74, 6) is -1.000. The lowest BCUT2D eigenvalue weighted by Gasteiger charge is -2.18. The summed E-state index contributed by atoms with van der Waals surface area (Å²) in [6.45, 7) is 2.24. The van der Waals surface area contributed by atoms with Gasteiger partial charge in [0, 0.05) is 11.3 Å². The molecule has 5 heteroatoms. The van der Waals surface area contributed by atoms with Crippen molar-refractivity contribution in [3.8, 4) is 5.75 Å². The Morgan fingerprint density at radius 3 is 2.57 bits per heavy atom. The maximum Gasteiger partial charge on any atom is 0.123 e. The minimum Gasteiger partial charge on any atom is -0.545 e. The highest BCUT2D eigenvalue weighted by Gasteiger charge is 2.07. The Bertz CT molecular complexity index is 613. The van der Waals surface area contributed by atoms with Crippen LogP contribution in [0, 0.1) is 5.82 Å². The van der Waals surface area contributed by atoms with Crippen LogP contribution in [0.25, 0.3) is 0 Å². The van der Waals surface area contributed by atoms with Gasteiger partial charge >= 0.3 is 0 Å². The first-order valence-corrected chi connectivity index (χ1v) is 6.52. The predicted molar refractivity (Wildman–Crippen MR) is 75.8 cm³/mol.